The van der Waals surface area contributed by atoms with E-state index in [9.17, 15) is 14.4 Å². The molecule has 1 heterocycles. The summed E-state index contributed by atoms with van der Waals surface area (Å²) in [6, 6.07) is 0. The Hall–Kier alpha value is -1.65. The Kier molecular flexibility index (Phi) is 3.60. The van der Waals surface area contributed by atoms with Gasteiger partial charge in [0.25, 0.3) is 11.8 Å². The zero-order chi connectivity index (χ0) is 11.4. The van der Waals surface area contributed by atoms with E-state index in [1.165, 1.54) is 0 Å². The summed E-state index contributed by atoms with van der Waals surface area (Å²) in [7, 11) is 0. The summed E-state index contributed by atoms with van der Waals surface area (Å²) in [5.41, 5.74) is -0.281. The van der Waals surface area contributed by atoms with Gasteiger partial charge in [-0.05, 0) is 12.8 Å². The zero-order valence-corrected chi connectivity index (χ0v) is 8.50. The predicted molar refractivity (Wildman–Crippen MR) is 52.0 cm³/mol. The molecule has 82 valence electrons. The number of carbonyl (C=O) groups is 3. The van der Waals surface area contributed by atoms with Crippen molar-refractivity contribution >= 4 is 17.8 Å². The van der Waals surface area contributed by atoms with Gasteiger partial charge in [-0.15, -0.1) is 0 Å². The van der Waals surface area contributed by atoms with Crippen LogP contribution in [0.25, 0.3) is 0 Å². The number of amides is 2. The lowest BCUT2D eigenvalue weighted by atomic mass is 10.0. The molecule has 0 unspecified atom stereocenters. The van der Waals surface area contributed by atoms with Crippen LogP contribution in [-0.2, 0) is 14.4 Å². The van der Waals surface area contributed by atoms with Gasteiger partial charge in [-0.25, -0.2) is 4.79 Å². The lowest BCUT2D eigenvalue weighted by molar-refractivity contribution is -0.134. The minimum Gasteiger partial charge on any atom is -0.477 e. The van der Waals surface area contributed by atoms with Gasteiger partial charge in [0, 0.05) is 5.57 Å². The highest BCUT2D eigenvalue weighted by molar-refractivity contribution is 6.30. The molecule has 0 aromatic heterocycles. The Bertz CT molecular complexity index is 343. The molecule has 1 aliphatic rings. The minimum atomic E-state index is -1.33. The molecule has 0 radical (unpaired) electrons. The van der Waals surface area contributed by atoms with Gasteiger partial charge in [0.2, 0.25) is 0 Å². The first-order chi connectivity index (χ1) is 7.07. The second-order valence-electron chi connectivity index (χ2n) is 3.40. The molecule has 0 fully saturated rings. The summed E-state index contributed by atoms with van der Waals surface area (Å²) in [4.78, 5) is 33.1. The smallest absolute Gasteiger partial charge is 0.341 e. The second-order valence-corrected chi connectivity index (χ2v) is 3.40. The van der Waals surface area contributed by atoms with E-state index in [1.54, 1.807) is 0 Å². The minimum absolute atomic E-state index is 0.112. The number of aliphatic carboxylic acids is 1. The number of carboxylic acid groups (broad SMARTS) is 1. The fourth-order valence-corrected chi connectivity index (χ4v) is 1.51. The Labute approximate surface area is 87.2 Å². The van der Waals surface area contributed by atoms with Crippen molar-refractivity contribution in [2.75, 3.05) is 0 Å². The number of carbonyl (C=O) groups excluding carboxylic acids is 2. The van der Waals surface area contributed by atoms with E-state index in [-0.39, 0.29) is 5.57 Å². The first-order valence-corrected chi connectivity index (χ1v) is 4.90. The quantitative estimate of drug-likeness (QED) is 0.396. The first-order valence-electron chi connectivity index (χ1n) is 4.90. The topological polar surface area (TPSA) is 83.5 Å². The molecule has 0 saturated heterocycles. The third-order valence-electron chi connectivity index (χ3n) is 2.27. The molecule has 15 heavy (non-hydrogen) atoms. The molecule has 1 rings (SSSR count). The third kappa shape index (κ3) is 2.43. The summed E-state index contributed by atoms with van der Waals surface area (Å²) < 4.78 is 0. The Morgan fingerprint density at radius 2 is 1.93 bits per heavy atom. The molecule has 2 N–H and O–H groups in total. The van der Waals surface area contributed by atoms with Gasteiger partial charge in [0.05, 0.1) is 0 Å². The van der Waals surface area contributed by atoms with Crippen LogP contribution in [0.4, 0.5) is 0 Å². The largest absolute Gasteiger partial charge is 0.477 e. The molecule has 0 bridgehead atoms. The maximum absolute atomic E-state index is 11.2. The average molecular weight is 211 g/mol. The van der Waals surface area contributed by atoms with Gasteiger partial charge in [0.1, 0.15) is 5.57 Å². The number of hydrogen-bond acceptors (Lipinski definition) is 3. The number of nitrogens with one attached hydrogen (secondary N) is 1. The van der Waals surface area contributed by atoms with E-state index in [0.29, 0.717) is 6.42 Å². The van der Waals surface area contributed by atoms with Crippen molar-refractivity contribution in [3.05, 3.63) is 11.1 Å². The Morgan fingerprint density at radius 1 is 1.27 bits per heavy atom. The van der Waals surface area contributed by atoms with E-state index in [4.69, 9.17) is 5.11 Å². The molecule has 1 aliphatic heterocycles. The monoisotopic (exact) mass is 211 g/mol. The van der Waals surface area contributed by atoms with Gasteiger partial charge >= 0.3 is 5.97 Å². The maximum atomic E-state index is 11.2. The molecular formula is C10H13NO4. The SMILES string of the molecule is CCCCCC1=C(C(=O)O)C(=O)NC1=O. The number of rotatable bonds is 5. The maximum Gasteiger partial charge on any atom is 0.341 e. The van der Waals surface area contributed by atoms with Crippen molar-refractivity contribution in [3.8, 4) is 0 Å². The van der Waals surface area contributed by atoms with Crippen LogP contribution < -0.4 is 5.32 Å². The summed E-state index contributed by atoms with van der Waals surface area (Å²) in [5, 5.41) is 10.7. The van der Waals surface area contributed by atoms with Crippen LogP contribution >= 0.6 is 0 Å². The predicted octanol–water partition coefficient (Wildman–Crippen LogP) is 0.604. The second kappa shape index (κ2) is 4.72. The van der Waals surface area contributed by atoms with Crippen molar-refractivity contribution in [1.82, 2.24) is 5.32 Å². The average Bonchev–Trinajstić information content (AvgIpc) is 2.42. The molecular weight excluding hydrogens is 198 g/mol. The van der Waals surface area contributed by atoms with Gasteiger partial charge in [0.15, 0.2) is 0 Å². The highest BCUT2D eigenvalue weighted by atomic mass is 16.4. The van der Waals surface area contributed by atoms with Crippen LogP contribution in [0.2, 0.25) is 0 Å². The Balaban J connectivity index is 2.82. The molecule has 0 aliphatic carbocycles. The molecule has 0 atom stereocenters. The van der Waals surface area contributed by atoms with E-state index in [1.807, 2.05) is 12.2 Å². The molecule has 2 amide bonds. The fourth-order valence-electron chi connectivity index (χ4n) is 1.51. The zero-order valence-electron chi connectivity index (χ0n) is 8.50. The van der Waals surface area contributed by atoms with E-state index in [0.717, 1.165) is 19.3 Å². The van der Waals surface area contributed by atoms with Crippen LogP contribution in [0.3, 0.4) is 0 Å². The third-order valence-corrected chi connectivity index (χ3v) is 2.27. The molecule has 0 aromatic rings. The van der Waals surface area contributed by atoms with Gasteiger partial charge in [-0.3, -0.25) is 14.9 Å². The molecule has 5 heteroatoms. The molecule has 0 spiro atoms. The highest BCUT2D eigenvalue weighted by Gasteiger charge is 2.33. The van der Waals surface area contributed by atoms with Gasteiger partial charge < -0.3 is 5.11 Å². The van der Waals surface area contributed by atoms with Crippen LogP contribution in [0.15, 0.2) is 11.1 Å². The lowest BCUT2D eigenvalue weighted by Crippen LogP contribution is -2.24. The standard InChI is InChI=1S/C10H13NO4/c1-2-3-4-5-6-7(10(14)15)9(13)11-8(6)12/h2-5H2,1H3,(H,14,15)(H,11,12,13). The van der Waals surface area contributed by atoms with Crippen LogP contribution in [0.1, 0.15) is 32.6 Å². The molecule has 0 aromatic carbocycles. The number of imide groups is 1. The van der Waals surface area contributed by atoms with E-state index in [2.05, 4.69) is 0 Å². The normalized spacial score (nSPS) is 15.8. The molecule has 5 nitrogen and oxygen atoms in total. The van der Waals surface area contributed by atoms with Crippen LogP contribution in [0, 0.1) is 0 Å². The van der Waals surface area contributed by atoms with Crippen LogP contribution in [0.5, 0.6) is 0 Å². The van der Waals surface area contributed by atoms with Crippen molar-refractivity contribution in [2.24, 2.45) is 0 Å². The number of hydrogen-bond donors (Lipinski definition) is 2. The van der Waals surface area contributed by atoms with E-state index < -0.39 is 23.4 Å². The van der Waals surface area contributed by atoms with Gasteiger partial charge in [-0.2, -0.15) is 0 Å². The van der Waals surface area contributed by atoms with Crippen molar-refractivity contribution < 1.29 is 19.5 Å². The number of unbranched alkanes of at least 4 members (excludes halogenated alkanes) is 2. The van der Waals surface area contributed by atoms with Crippen molar-refractivity contribution in [1.29, 1.82) is 0 Å². The first kappa shape index (κ1) is 11.4. The summed E-state index contributed by atoms with van der Waals surface area (Å²) >= 11 is 0. The summed E-state index contributed by atoms with van der Waals surface area (Å²) in [6.45, 7) is 2.01. The summed E-state index contributed by atoms with van der Waals surface area (Å²) in [5.74, 6) is -2.68. The fraction of sp³-hybridized carbons (Fsp3) is 0.500. The van der Waals surface area contributed by atoms with Crippen molar-refractivity contribution in [3.63, 3.8) is 0 Å². The van der Waals surface area contributed by atoms with Crippen molar-refractivity contribution in [2.45, 2.75) is 32.6 Å². The Morgan fingerprint density at radius 3 is 2.47 bits per heavy atom. The number of carboxylic acids is 1. The van der Waals surface area contributed by atoms with Gasteiger partial charge in [-0.1, -0.05) is 19.8 Å². The summed E-state index contributed by atoms with van der Waals surface area (Å²) in [6.07, 6.45) is 2.97. The molecule has 0 saturated carbocycles. The van der Waals surface area contributed by atoms with E-state index >= 15 is 0 Å². The highest BCUT2D eigenvalue weighted by Crippen LogP contribution is 2.19. The lowest BCUT2D eigenvalue weighted by Gasteiger charge is -1.99. The van der Waals surface area contributed by atoms with Crippen LogP contribution in [-0.4, -0.2) is 22.9 Å².